The molecule has 5 heterocycles. The number of alkyl halides is 3. The molecule has 6 nitrogen and oxygen atoms in total. The normalized spacial score (nSPS) is 22.1. The molecule has 33 heavy (non-hydrogen) atoms. The Hall–Kier alpha value is -3.07. The molecular weight excluding hydrogens is 455 g/mol. The van der Waals surface area contributed by atoms with E-state index in [1.807, 2.05) is 4.90 Å². The molecule has 3 unspecified atom stereocenters. The quantitative estimate of drug-likeness (QED) is 0.542. The maximum absolute atomic E-state index is 13.6. The number of fused-ring (bicyclic) bond motifs is 2. The fourth-order valence-corrected chi connectivity index (χ4v) is 5.23. The highest BCUT2D eigenvalue weighted by Gasteiger charge is 2.49. The van der Waals surface area contributed by atoms with Gasteiger partial charge in [-0.3, -0.25) is 14.8 Å². The lowest BCUT2D eigenvalue weighted by molar-refractivity contribution is -0.137. The minimum absolute atomic E-state index is 0.00119. The van der Waals surface area contributed by atoms with Gasteiger partial charge in [-0.05, 0) is 55.9 Å². The summed E-state index contributed by atoms with van der Waals surface area (Å²) < 4.78 is 38.8. The zero-order chi connectivity index (χ0) is 23.2. The third-order valence-electron chi connectivity index (χ3n) is 6.42. The minimum Gasteiger partial charge on any atom is -0.331 e. The van der Waals surface area contributed by atoms with E-state index in [1.54, 1.807) is 36.8 Å². The molecule has 0 saturated carbocycles. The lowest BCUT2D eigenvalue weighted by Crippen LogP contribution is -2.37. The predicted octanol–water partition coefficient (Wildman–Crippen LogP) is 4.84. The zero-order valence-electron chi connectivity index (χ0n) is 17.3. The van der Waals surface area contributed by atoms with Gasteiger partial charge in [0.15, 0.2) is 5.82 Å². The van der Waals surface area contributed by atoms with Gasteiger partial charge >= 0.3 is 6.18 Å². The molecule has 3 aromatic heterocycles. The Morgan fingerprint density at radius 3 is 2.58 bits per heavy atom. The molecule has 0 aliphatic carbocycles. The van der Waals surface area contributed by atoms with Gasteiger partial charge in [-0.1, -0.05) is 11.6 Å². The topological polar surface area (TPSA) is 71.9 Å². The van der Waals surface area contributed by atoms with Crippen molar-refractivity contribution >= 4 is 17.5 Å². The zero-order valence-corrected chi connectivity index (χ0v) is 18.1. The second-order valence-electron chi connectivity index (χ2n) is 8.33. The standard InChI is InChI=1S/C23H19ClF3N5O/c24-17-11-14(23(25,26)27)12-31-18(17)10-13-9-15-4-5-19(13)32(15)22(33)20-16(3-1-6-28-20)21-29-7-2-8-30-21/h1-3,6-8,11-13,15,19H,4-5,9-10H2. The first-order valence-corrected chi connectivity index (χ1v) is 11.0. The van der Waals surface area contributed by atoms with Gasteiger partial charge in [-0.2, -0.15) is 13.2 Å². The Balaban J connectivity index is 1.38. The van der Waals surface area contributed by atoms with Gasteiger partial charge in [0, 0.05) is 36.9 Å². The SMILES string of the molecule is O=C(c1ncccc1-c1ncccn1)N1C2CCC1C(Cc1ncc(C(F)(F)F)cc1Cl)C2. The molecule has 2 saturated heterocycles. The van der Waals surface area contributed by atoms with Gasteiger partial charge in [-0.25, -0.2) is 9.97 Å². The average molecular weight is 474 g/mol. The number of carbonyl (C=O) groups is 1. The number of pyridine rings is 2. The third kappa shape index (κ3) is 4.06. The van der Waals surface area contributed by atoms with Crippen LogP contribution in [-0.2, 0) is 12.6 Å². The van der Waals surface area contributed by atoms with Crippen molar-refractivity contribution < 1.29 is 18.0 Å². The average Bonchev–Trinajstić information content (AvgIpc) is 3.37. The molecule has 10 heteroatoms. The Bertz CT molecular complexity index is 1190. The van der Waals surface area contributed by atoms with Crippen LogP contribution in [0.2, 0.25) is 5.02 Å². The molecule has 3 atom stereocenters. The maximum atomic E-state index is 13.6. The van der Waals surface area contributed by atoms with Crippen LogP contribution in [0.1, 0.15) is 41.0 Å². The van der Waals surface area contributed by atoms with Gasteiger partial charge in [0.2, 0.25) is 0 Å². The van der Waals surface area contributed by atoms with E-state index < -0.39 is 11.7 Å². The first kappa shape index (κ1) is 21.8. The first-order valence-electron chi connectivity index (χ1n) is 10.6. The van der Waals surface area contributed by atoms with Crippen molar-refractivity contribution in [3.05, 3.63) is 71.0 Å². The monoisotopic (exact) mass is 473 g/mol. The van der Waals surface area contributed by atoms with Gasteiger partial charge in [-0.15, -0.1) is 0 Å². The largest absolute Gasteiger partial charge is 0.417 e. The van der Waals surface area contributed by atoms with Crippen LogP contribution in [-0.4, -0.2) is 42.8 Å². The number of carbonyl (C=O) groups excluding carboxylic acids is 1. The van der Waals surface area contributed by atoms with Crippen LogP contribution in [0.15, 0.2) is 49.1 Å². The summed E-state index contributed by atoms with van der Waals surface area (Å²) >= 11 is 6.13. The summed E-state index contributed by atoms with van der Waals surface area (Å²) in [5.41, 5.74) is 0.419. The summed E-state index contributed by atoms with van der Waals surface area (Å²) in [4.78, 5) is 32.3. The molecule has 2 aliphatic heterocycles. The Morgan fingerprint density at radius 1 is 1.09 bits per heavy atom. The molecule has 0 aromatic carbocycles. The van der Waals surface area contributed by atoms with Crippen LogP contribution in [0.25, 0.3) is 11.4 Å². The number of rotatable bonds is 4. The van der Waals surface area contributed by atoms with Gasteiger partial charge in [0.25, 0.3) is 5.91 Å². The summed E-state index contributed by atoms with van der Waals surface area (Å²) in [5.74, 6) is 0.312. The van der Waals surface area contributed by atoms with E-state index in [9.17, 15) is 18.0 Å². The maximum Gasteiger partial charge on any atom is 0.417 e. The fraction of sp³-hybridized carbons (Fsp3) is 0.348. The molecule has 3 aromatic rings. The molecule has 1 amide bonds. The van der Waals surface area contributed by atoms with Crippen LogP contribution in [0.5, 0.6) is 0 Å². The van der Waals surface area contributed by atoms with Crippen molar-refractivity contribution in [1.82, 2.24) is 24.8 Å². The van der Waals surface area contributed by atoms with Crippen molar-refractivity contribution in [2.24, 2.45) is 5.92 Å². The summed E-state index contributed by atoms with van der Waals surface area (Å²) in [5, 5.41) is -0.00119. The van der Waals surface area contributed by atoms with E-state index in [2.05, 4.69) is 19.9 Å². The van der Waals surface area contributed by atoms with E-state index >= 15 is 0 Å². The fourth-order valence-electron chi connectivity index (χ4n) is 4.99. The second-order valence-corrected chi connectivity index (χ2v) is 8.74. The van der Waals surface area contributed by atoms with Crippen molar-refractivity contribution in [3.8, 4) is 11.4 Å². The highest BCUT2D eigenvalue weighted by atomic mass is 35.5. The minimum atomic E-state index is -4.49. The number of hydrogen-bond donors (Lipinski definition) is 0. The number of hydrogen-bond acceptors (Lipinski definition) is 5. The molecular formula is C23H19ClF3N5O. The summed E-state index contributed by atoms with van der Waals surface area (Å²) in [6.07, 6.45) is 3.98. The van der Waals surface area contributed by atoms with Crippen molar-refractivity contribution in [3.63, 3.8) is 0 Å². The lowest BCUT2D eigenvalue weighted by Gasteiger charge is -2.25. The first-order chi connectivity index (χ1) is 15.8. The van der Waals surface area contributed by atoms with Crippen LogP contribution in [0.3, 0.4) is 0 Å². The number of nitrogens with zero attached hydrogens (tertiary/aromatic N) is 5. The molecule has 170 valence electrons. The molecule has 0 spiro atoms. The summed E-state index contributed by atoms with van der Waals surface area (Å²) in [6, 6.07) is 6.13. The summed E-state index contributed by atoms with van der Waals surface area (Å²) in [6.45, 7) is 0. The van der Waals surface area contributed by atoms with Crippen LogP contribution < -0.4 is 0 Å². The van der Waals surface area contributed by atoms with Gasteiger partial charge < -0.3 is 4.90 Å². The molecule has 2 fully saturated rings. The van der Waals surface area contributed by atoms with Crippen molar-refractivity contribution in [2.45, 2.75) is 43.9 Å². The molecule has 0 N–H and O–H groups in total. The number of amides is 1. The van der Waals surface area contributed by atoms with E-state index in [0.717, 1.165) is 31.5 Å². The van der Waals surface area contributed by atoms with Crippen molar-refractivity contribution in [1.29, 1.82) is 0 Å². The predicted molar refractivity (Wildman–Crippen MR) is 114 cm³/mol. The highest BCUT2D eigenvalue weighted by Crippen LogP contribution is 2.44. The van der Waals surface area contributed by atoms with Crippen molar-refractivity contribution in [2.75, 3.05) is 0 Å². The Labute approximate surface area is 192 Å². The van der Waals surface area contributed by atoms with Crippen LogP contribution >= 0.6 is 11.6 Å². The molecule has 5 rings (SSSR count). The molecule has 2 aliphatic rings. The van der Waals surface area contributed by atoms with E-state index in [0.29, 0.717) is 29.2 Å². The lowest BCUT2D eigenvalue weighted by atomic mass is 9.86. The summed E-state index contributed by atoms with van der Waals surface area (Å²) in [7, 11) is 0. The smallest absolute Gasteiger partial charge is 0.331 e. The van der Waals surface area contributed by atoms with E-state index in [4.69, 9.17) is 11.6 Å². The van der Waals surface area contributed by atoms with Gasteiger partial charge in [0.1, 0.15) is 5.69 Å². The molecule has 2 bridgehead atoms. The number of halogens is 4. The molecule has 0 radical (unpaired) electrons. The second kappa shape index (κ2) is 8.37. The van der Waals surface area contributed by atoms with E-state index in [1.165, 1.54) is 0 Å². The van der Waals surface area contributed by atoms with Crippen LogP contribution in [0.4, 0.5) is 13.2 Å². The Kier molecular flexibility index (Phi) is 5.52. The Morgan fingerprint density at radius 2 is 1.85 bits per heavy atom. The highest BCUT2D eigenvalue weighted by molar-refractivity contribution is 6.31. The number of aromatic nitrogens is 4. The van der Waals surface area contributed by atoms with E-state index in [-0.39, 0.29) is 28.9 Å². The van der Waals surface area contributed by atoms with Gasteiger partial charge in [0.05, 0.1) is 21.8 Å². The third-order valence-corrected chi connectivity index (χ3v) is 6.74. The van der Waals surface area contributed by atoms with Crippen LogP contribution in [0, 0.1) is 5.92 Å².